The summed E-state index contributed by atoms with van der Waals surface area (Å²) in [6, 6.07) is 8.35. The number of hydrogen-bond donors (Lipinski definition) is 0. The second kappa shape index (κ2) is 4.13. The highest BCUT2D eigenvalue weighted by atomic mass is 16.5. The lowest BCUT2D eigenvalue weighted by Crippen LogP contribution is -1.91. The fourth-order valence-corrected chi connectivity index (χ4v) is 2.44. The molecule has 100 valence electrons. The zero-order valence-electron chi connectivity index (χ0n) is 11.6. The van der Waals surface area contributed by atoms with Crippen LogP contribution in [-0.2, 0) is 0 Å². The lowest BCUT2D eigenvalue weighted by molar-refractivity contribution is 0.422. The fraction of sp³-hybridized carbons (Fsp3) is 0.312. The number of nitrogens with zero attached hydrogens (tertiary/aromatic N) is 3. The summed E-state index contributed by atoms with van der Waals surface area (Å²) >= 11 is 0. The molecule has 1 aliphatic rings. The van der Waals surface area contributed by atoms with Gasteiger partial charge in [-0.2, -0.15) is 4.98 Å². The van der Waals surface area contributed by atoms with E-state index in [1.807, 2.05) is 6.92 Å². The van der Waals surface area contributed by atoms with Crippen molar-refractivity contribution in [2.75, 3.05) is 0 Å². The van der Waals surface area contributed by atoms with Gasteiger partial charge in [0.1, 0.15) is 0 Å². The van der Waals surface area contributed by atoms with E-state index < -0.39 is 0 Å². The number of aryl methyl sites for hydroxylation is 2. The summed E-state index contributed by atoms with van der Waals surface area (Å²) in [5.74, 6) is 1.92. The third-order valence-electron chi connectivity index (χ3n) is 3.78. The van der Waals surface area contributed by atoms with Crippen LogP contribution >= 0.6 is 0 Å². The van der Waals surface area contributed by atoms with Crippen LogP contribution < -0.4 is 0 Å². The molecular weight excluding hydrogens is 250 g/mol. The molecule has 0 amide bonds. The first-order chi connectivity index (χ1) is 9.70. The van der Waals surface area contributed by atoms with Crippen molar-refractivity contribution in [3.05, 3.63) is 41.3 Å². The van der Waals surface area contributed by atoms with Crippen LogP contribution in [0.3, 0.4) is 0 Å². The molecule has 1 fully saturated rings. The molecule has 0 atom stereocenters. The highest BCUT2D eigenvalue weighted by molar-refractivity contribution is 5.83. The topological polar surface area (TPSA) is 51.8 Å². The molecule has 4 heteroatoms. The molecule has 2 heterocycles. The van der Waals surface area contributed by atoms with Crippen LogP contribution in [0.4, 0.5) is 0 Å². The van der Waals surface area contributed by atoms with E-state index in [-0.39, 0.29) is 0 Å². The van der Waals surface area contributed by atoms with E-state index in [4.69, 9.17) is 4.52 Å². The maximum absolute atomic E-state index is 5.40. The maximum atomic E-state index is 5.40. The Kier molecular flexibility index (Phi) is 2.39. The Bertz CT molecular complexity index is 803. The minimum Gasteiger partial charge on any atom is -0.334 e. The third-order valence-corrected chi connectivity index (χ3v) is 3.78. The second-order valence-corrected chi connectivity index (χ2v) is 5.55. The van der Waals surface area contributed by atoms with Gasteiger partial charge in [0.2, 0.25) is 0 Å². The monoisotopic (exact) mass is 265 g/mol. The molecule has 0 saturated heterocycles. The quantitative estimate of drug-likeness (QED) is 0.707. The largest absolute Gasteiger partial charge is 0.334 e. The Labute approximate surface area is 116 Å². The number of rotatable bonds is 2. The maximum Gasteiger partial charge on any atom is 0.259 e. The van der Waals surface area contributed by atoms with Gasteiger partial charge in [-0.25, -0.2) is 0 Å². The average Bonchev–Trinajstić information content (AvgIpc) is 3.16. The molecule has 0 N–H and O–H groups in total. The molecule has 20 heavy (non-hydrogen) atoms. The Hall–Kier alpha value is -2.23. The van der Waals surface area contributed by atoms with Crippen LogP contribution in [0.5, 0.6) is 0 Å². The first-order valence-corrected chi connectivity index (χ1v) is 6.93. The van der Waals surface area contributed by atoms with Crippen molar-refractivity contribution in [1.82, 2.24) is 15.1 Å². The van der Waals surface area contributed by atoms with E-state index in [1.165, 1.54) is 18.4 Å². The van der Waals surface area contributed by atoms with E-state index in [0.717, 1.165) is 28.0 Å². The van der Waals surface area contributed by atoms with Gasteiger partial charge in [0.15, 0.2) is 5.82 Å². The van der Waals surface area contributed by atoms with Crippen LogP contribution in [0.25, 0.3) is 22.4 Å². The van der Waals surface area contributed by atoms with Gasteiger partial charge < -0.3 is 4.52 Å². The fourth-order valence-electron chi connectivity index (χ4n) is 2.44. The van der Waals surface area contributed by atoms with Gasteiger partial charge in [0.25, 0.3) is 5.89 Å². The van der Waals surface area contributed by atoms with Crippen molar-refractivity contribution in [3.63, 3.8) is 0 Å². The summed E-state index contributed by atoms with van der Waals surface area (Å²) in [7, 11) is 0. The summed E-state index contributed by atoms with van der Waals surface area (Å²) < 4.78 is 5.40. The number of pyridine rings is 1. The molecule has 1 aromatic carbocycles. The number of fused-ring (bicyclic) bond motifs is 1. The molecule has 1 saturated carbocycles. The normalized spacial score (nSPS) is 14.9. The van der Waals surface area contributed by atoms with Gasteiger partial charge in [0.05, 0.1) is 16.8 Å². The predicted octanol–water partition coefficient (Wildman–Crippen LogP) is 3.78. The lowest BCUT2D eigenvalue weighted by Gasteiger charge is -2.04. The first-order valence-electron chi connectivity index (χ1n) is 6.93. The summed E-state index contributed by atoms with van der Waals surface area (Å²) in [4.78, 5) is 9.16. The van der Waals surface area contributed by atoms with E-state index in [9.17, 15) is 0 Å². The van der Waals surface area contributed by atoms with Crippen LogP contribution in [0, 0.1) is 13.8 Å². The Morgan fingerprint density at radius 3 is 2.75 bits per heavy atom. The van der Waals surface area contributed by atoms with Crippen LogP contribution in [0.2, 0.25) is 0 Å². The first kappa shape index (κ1) is 11.6. The van der Waals surface area contributed by atoms with Crippen molar-refractivity contribution < 1.29 is 4.52 Å². The lowest BCUT2D eigenvalue weighted by atomic mass is 10.1. The molecule has 0 radical (unpaired) electrons. The Balaban J connectivity index is 1.85. The third kappa shape index (κ3) is 1.88. The zero-order valence-corrected chi connectivity index (χ0v) is 11.6. The van der Waals surface area contributed by atoms with E-state index in [0.29, 0.717) is 11.8 Å². The highest BCUT2D eigenvalue weighted by Crippen LogP contribution is 2.39. The summed E-state index contributed by atoms with van der Waals surface area (Å²) in [5.41, 5.74) is 4.08. The van der Waals surface area contributed by atoms with E-state index >= 15 is 0 Å². The van der Waals surface area contributed by atoms with Crippen molar-refractivity contribution in [2.45, 2.75) is 32.6 Å². The van der Waals surface area contributed by atoms with Crippen LogP contribution in [0.1, 0.15) is 35.8 Å². The van der Waals surface area contributed by atoms with Gasteiger partial charge in [-0.1, -0.05) is 17.3 Å². The van der Waals surface area contributed by atoms with Crippen molar-refractivity contribution >= 4 is 10.9 Å². The van der Waals surface area contributed by atoms with E-state index in [1.54, 1.807) is 0 Å². The molecule has 4 rings (SSSR count). The van der Waals surface area contributed by atoms with Gasteiger partial charge in [-0.05, 0) is 44.4 Å². The number of aromatic nitrogens is 3. The Morgan fingerprint density at radius 1 is 1.10 bits per heavy atom. The second-order valence-electron chi connectivity index (χ2n) is 5.55. The number of hydrogen-bond acceptors (Lipinski definition) is 4. The minimum atomic E-state index is 0.504. The minimum absolute atomic E-state index is 0.504. The molecule has 2 aromatic heterocycles. The Morgan fingerprint density at radius 2 is 1.95 bits per heavy atom. The molecule has 0 unspecified atom stereocenters. The zero-order chi connectivity index (χ0) is 13.7. The van der Waals surface area contributed by atoms with Crippen molar-refractivity contribution in [1.29, 1.82) is 0 Å². The molecule has 3 aromatic rings. The van der Waals surface area contributed by atoms with Gasteiger partial charge in [0, 0.05) is 11.3 Å². The van der Waals surface area contributed by atoms with Crippen LogP contribution in [0.15, 0.2) is 28.8 Å². The molecular formula is C16H15N3O. The summed E-state index contributed by atoms with van der Waals surface area (Å²) in [5, 5.41) is 5.18. The molecule has 0 spiro atoms. The van der Waals surface area contributed by atoms with Crippen LogP contribution in [-0.4, -0.2) is 15.1 Å². The van der Waals surface area contributed by atoms with Gasteiger partial charge >= 0.3 is 0 Å². The summed E-state index contributed by atoms with van der Waals surface area (Å²) in [6.07, 6.45) is 2.35. The van der Waals surface area contributed by atoms with Gasteiger partial charge in [-0.3, -0.25) is 4.98 Å². The average molecular weight is 265 g/mol. The standard InChI is InChI=1S/C16H15N3O/c1-9-3-4-12-8-13(10(2)17-14(12)7-9)16-18-15(19-20-16)11-5-6-11/h3-4,7-8,11H,5-6H2,1-2H3. The highest BCUT2D eigenvalue weighted by Gasteiger charge is 2.29. The SMILES string of the molecule is Cc1ccc2cc(-c3nc(C4CC4)no3)c(C)nc2c1. The van der Waals surface area contributed by atoms with Gasteiger partial charge in [-0.15, -0.1) is 0 Å². The van der Waals surface area contributed by atoms with Crippen molar-refractivity contribution in [3.8, 4) is 11.5 Å². The molecule has 1 aliphatic carbocycles. The predicted molar refractivity (Wildman–Crippen MR) is 76.5 cm³/mol. The molecule has 0 bridgehead atoms. The number of benzene rings is 1. The molecule has 4 nitrogen and oxygen atoms in total. The molecule has 0 aliphatic heterocycles. The van der Waals surface area contributed by atoms with Crippen molar-refractivity contribution in [2.24, 2.45) is 0 Å². The smallest absolute Gasteiger partial charge is 0.259 e. The summed E-state index contributed by atoms with van der Waals surface area (Å²) in [6.45, 7) is 4.06. The van der Waals surface area contributed by atoms with E-state index in [2.05, 4.69) is 46.3 Å².